The summed E-state index contributed by atoms with van der Waals surface area (Å²) in [7, 11) is 3.22. The summed E-state index contributed by atoms with van der Waals surface area (Å²) < 4.78 is 21.7. The lowest BCUT2D eigenvalue weighted by atomic mass is 9.84. The van der Waals surface area contributed by atoms with E-state index < -0.39 is 0 Å². The van der Waals surface area contributed by atoms with E-state index in [0.717, 1.165) is 16.8 Å². The molecule has 6 heteroatoms. The van der Waals surface area contributed by atoms with Crippen molar-refractivity contribution >= 4 is 11.6 Å². The molecule has 24 heavy (non-hydrogen) atoms. The lowest BCUT2D eigenvalue weighted by Gasteiger charge is -2.27. The number of hydrogen-bond donors (Lipinski definition) is 1. The Hall–Kier alpha value is -2.89. The molecule has 1 N–H and O–H groups in total. The number of methoxy groups -OCH3 is 2. The van der Waals surface area contributed by atoms with Crippen LogP contribution in [0.3, 0.4) is 0 Å². The van der Waals surface area contributed by atoms with E-state index in [1.807, 2.05) is 30.3 Å². The van der Waals surface area contributed by atoms with E-state index in [1.165, 1.54) is 0 Å². The monoisotopic (exact) mass is 327 g/mol. The molecule has 0 bridgehead atoms. The highest BCUT2D eigenvalue weighted by molar-refractivity contribution is 5.96. The molecule has 2 aliphatic rings. The Kier molecular flexibility index (Phi) is 3.45. The number of rotatable bonds is 3. The molecule has 0 fully saturated rings. The molecule has 0 radical (unpaired) electrons. The normalized spacial score (nSPS) is 17.9. The first-order chi connectivity index (χ1) is 11.7. The van der Waals surface area contributed by atoms with E-state index in [-0.39, 0.29) is 18.6 Å². The van der Waals surface area contributed by atoms with Gasteiger partial charge in [-0.2, -0.15) is 0 Å². The van der Waals surface area contributed by atoms with Crippen molar-refractivity contribution in [1.82, 2.24) is 0 Å². The van der Waals surface area contributed by atoms with Gasteiger partial charge < -0.3 is 24.3 Å². The molecule has 4 rings (SSSR count). The van der Waals surface area contributed by atoms with E-state index >= 15 is 0 Å². The summed E-state index contributed by atoms with van der Waals surface area (Å²) in [5.41, 5.74) is 2.67. The topological polar surface area (TPSA) is 66.0 Å². The fourth-order valence-corrected chi connectivity index (χ4v) is 3.23. The quantitative estimate of drug-likeness (QED) is 0.939. The molecule has 2 aromatic carbocycles. The SMILES string of the molecule is COc1ccc([C@@H]2CC(=O)Nc3cc4c(cc32)OCO4)c(OC)c1. The van der Waals surface area contributed by atoms with Crippen LogP contribution in [0.5, 0.6) is 23.0 Å². The number of carbonyl (C=O) groups is 1. The van der Waals surface area contributed by atoms with Gasteiger partial charge in [0.05, 0.1) is 14.2 Å². The number of hydrogen-bond acceptors (Lipinski definition) is 5. The van der Waals surface area contributed by atoms with Crippen LogP contribution in [0.1, 0.15) is 23.5 Å². The van der Waals surface area contributed by atoms with Crippen molar-refractivity contribution in [3.8, 4) is 23.0 Å². The van der Waals surface area contributed by atoms with Crippen LogP contribution in [-0.4, -0.2) is 26.9 Å². The molecular formula is C18H17NO5. The van der Waals surface area contributed by atoms with Crippen molar-refractivity contribution in [1.29, 1.82) is 0 Å². The standard InChI is InChI=1S/C18H17NO5/c1-21-10-3-4-11(15(5-10)22-2)12-7-18(20)19-14-8-17-16(6-13(12)14)23-9-24-17/h3-6,8,12H,7,9H2,1-2H3,(H,19,20)/t12-/m0/s1. The fraction of sp³-hybridized carbons (Fsp3) is 0.278. The van der Waals surface area contributed by atoms with Gasteiger partial charge in [-0.15, -0.1) is 0 Å². The second kappa shape index (κ2) is 5.63. The van der Waals surface area contributed by atoms with Crippen molar-refractivity contribution in [2.45, 2.75) is 12.3 Å². The minimum Gasteiger partial charge on any atom is -0.497 e. The van der Waals surface area contributed by atoms with Crippen LogP contribution in [0.15, 0.2) is 30.3 Å². The third kappa shape index (κ3) is 2.31. The Labute approximate surface area is 139 Å². The predicted octanol–water partition coefficient (Wildman–Crippen LogP) is 2.91. The number of benzene rings is 2. The van der Waals surface area contributed by atoms with E-state index in [4.69, 9.17) is 18.9 Å². The number of carbonyl (C=O) groups excluding carboxylic acids is 1. The highest BCUT2D eigenvalue weighted by atomic mass is 16.7. The van der Waals surface area contributed by atoms with E-state index in [2.05, 4.69) is 5.32 Å². The first-order valence-corrected chi connectivity index (χ1v) is 7.65. The van der Waals surface area contributed by atoms with Crippen LogP contribution in [0.4, 0.5) is 5.69 Å². The van der Waals surface area contributed by atoms with Crippen LogP contribution < -0.4 is 24.3 Å². The highest BCUT2D eigenvalue weighted by Crippen LogP contribution is 2.46. The largest absolute Gasteiger partial charge is 0.497 e. The van der Waals surface area contributed by atoms with Crippen molar-refractivity contribution in [2.24, 2.45) is 0 Å². The van der Waals surface area contributed by atoms with Crippen LogP contribution in [0.25, 0.3) is 0 Å². The number of anilines is 1. The van der Waals surface area contributed by atoms with Gasteiger partial charge in [-0.25, -0.2) is 0 Å². The van der Waals surface area contributed by atoms with Gasteiger partial charge in [0.15, 0.2) is 11.5 Å². The van der Waals surface area contributed by atoms with Gasteiger partial charge in [0, 0.05) is 35.7 Å². The Bertz CT molecular complexity index is 817. The molecule has 0 aromatic heterocycles. The molecule has 0 aliphatic carbocycles. The summed E-state index contributed by atoms with van der Waals surface area (Å²) >= 11 is 0. The lowest BCUT2D eigenvalue weighted by molar-refractivity contribution is -0.116. The molecule has 2 heterocycles. The van der Waals surface area contributed by atoms with Crippen molar-refractivity contribution in [2.75, 3.05) is 26.3 Å². The summed E-state index contributed by atoms with van der Waals surface area (Å²) in [5, 5.41) is 2.91. The predicted molar refractivity (Wildman–Crippen MR) is 87.2 cm³/mol. The lowest BCUT2D eigenvalue weighted by Crippen LogP contribution is -2.23. The van der Waals surface area contributed by atoms with Gasteiger partial charge in [-0.05, 0) is 17.7 Å². The maximum atomic E-state index is 12.2. The van der Waals surface area contributed by atoms with Crippen molar-refractivity contribution < 1.29 is 23.7 Å². The van der Waals surface area contributed by atoms with Crippen molar-refractivity contribution in [3.05, 3.63) is 41.5 Å². The Morgan fingerprint density at radius 2 is 1.83 bits per heavy atom. The van der Waals surface area contributed by atoms with Crippen LogP contribution >= 0.6 is 0 Å². The first kappa shape index (κ1) is 14.7. The zero-order chi connectivity index (χ0) is 16.7. The number of fused-ring (bicyclic) bond motifs is 2. The van der Waals surface area contributed by atoms with Gasteiger partial charge in [-0.3, -0.25) is 4.79 Å². The van der Waals surface area contributed by atoms with E-state index in [0.29, 0.717) is 29.4 Å². The van der Waals surface area contributed by atoms with Gasteiger partial charge in [0.2, 0.25) is 12.7 Å². The van der Waals surface area contributed by atoms with Crippen molar-refractivity contribution in [3.63, 3.8) is 0 Å². The molecule has 1 amide bonds. The number of amides is 1. The average Bonchev–Trinajstić information content (AvgIpc) is 3.06. The highest BCUT2D eigenvalue weighted by Gasteiger charge is 2.31. The number of nitrogens with one attached hydrogen (secondary N) is 1. The third-order valence-electron chi connectivity index (χ3n) is 4.40. The summed E-state index contributed by atoms with van der Waals surface area (Å²) in [6, 6.07) is 9.39. The Morgan fingerprint density at radius 1 is 1.04 bits per heavy atom. The molecule has 2 aromatic rings. The smallest absolute Gasteiger partial charge is 0.231 e. The number of ether oxygens (including phenoxy) is 4. The average molecular weight is 327 g/mol. The first-order valence-electron chi connectivity index (χ1n) is 7.65. The van der Waals surface area contributed by atoms with Gasteiger partial charge in [0.25, 0.3) is 0 Å². The van der Waals surface area contributed by atoms with Gasteiger partial charge in [-0.1, -0.05) is 6.07 Å². The molecule has 6 nitrogen and oxygen atoms in total. The van der Waals surface area contributed by atoms with Crippen LogP contribution in [0, 0.1) is 0 Å². The molecule has 1 atom stereocenters. The zero-order valence-electron chi connectivity index (χ0n) is 13.4. The maximum absolute atomic E-state index is 12.2. The van der Waals surface area contributed by atoms with Gasteiger partial charge in [0.1, 0.15) is 11.5 Å². The molecule has 0 saturated carbocycles. The summed E-state index contributed by atoms with van der Waals surface area (Å²) in [5.74, 6) is 2.59. The summed E-state index contributed by atoms with van der Waals surface area (Å²) in [6.07, 6.45) is 0.343. The molecule has 0 saturated heterocycles. The summed E-state index contributed by atoms with van der Waals surface area (Å²) in [6.45, 7) is 0.197. The molecule has 2 aliphatic heterocycles. The third-order valence-corrected chi connectivity index (χ3v) is 4.40. The summed E-state index contributed by atoms with van der Waals surface area (Å²) in [4.78, 5) is 12.2. The minimum absolute atomic E-state index is 0.0377. The molecule has 0 unspecified atom stereocenters. The van der Waals surface area contributed by atoms with E-state index in [1.54, 1.807) is 14.2 Å². The van der Waals surface area contributed by atoms with Gasteiger partial charge >= 0.3 is 0 Å². The minimum atomic E-state index is -0.121. The maximum Gasteiger partial charge on any atom is 0.231 e. The molecule has 124 valence electrons. The Morgan fingerprint density at radius 3 is 2.58 bits per heavy atom. The van der Waals surface area contributed by atoms with Crippen LogP contribution in [0.2, 0.25) is 0 Å². The van der Waals surface area contributed by atoms with Crippen LogP contribution in [-0.2, 0) is 4.79 Å². The second-order valence-corrected chi connectivity index (χ2v) is 5.71. The Balaban J connectivity index is 1.84. The second-order valence-electron chi connectivity index (χ2n) is 5.71. The zero-order valence-corrected chi connectivity index (χ0v) is 13.4. The van der Waals surface area contributed by atoms with E-state index in [9.17, 15) is 4.79 Å². The fourth-order valence-electron chi connectivity index (χ4n) is 3.23. The molecule has 0 spiro atoms. The molecular weight excluding hydrogens is 310 g/mol.